The van der Waals surface area contributed by atoms with Gasteiger partial charge in [-0.1, -0.05) is 11.6 Å². The van der Waals surface area contributed by atoms with Gasteiger partial charge in [0.1, 0.15) is 11.6 Å². The highest BCUT2D eigenvalue weighted by atomic mass is 35.5. The normalized spacial score (nSPS) is 16.7. The van der Waals surface area contributed by atoms with Crippen LogP contribution in [-0.2, 0) is 6.42 Å². The molecule has 1 amide bonds. The second-order valence-electron chi connectivity index (χ2n) is 4.78. The van der Waals surface area contributed by atoms with E-state index in [0.717, 1.165) is 6.07 Å². The molecule has 0 bridgehead atoms. The fraction of sp³-hybridized carbons (Fsp3) is 0.462. The summed E-state index contributed by atoms with van der Waals surface area (Å²) in [6, 6.07) is 2.01. The summed E-state index contributed by atoms with van der Waals surface area (Å²) < 4.78 is 26.4. The van der Waals surface area contributed by atoms with Crippen LogP contribution in [0.5, 0.6) is 0 Å². The zero-order valence-corrected chi connectivity index (χ0v) is 11.0. The summed E-state index contributed by atoms with van der Waals surface area (Å²) in [7, 11) is 0. The molecule has 1 aliphatic heterocycles. The zero-order valence-electron chi connectivity index (χ0n) is 10.2. The van der Waals surface area contributed by atoms with Crippen molar-refractivity contribution in [2.24, 2.45) is 5.92 Å². The van der Waals surface area contributed by atoms with Gasteiger partial charge in [0.2, 0.25) is 0 Å². The van der Waals surface area contributed by atoms with Crippen LogP contribution in [0.25, 0.3) is 0 Å². The van der Waals surface area contributed by atoms with Crippen molar-refractivity contribution in [3.8, 4) is 0 Å². The molecule has 1 fully saturated rings. The summed E-state index contributed by atoms with van der Waals surface area (Å²) in [5, 5.41) is 8.80. The van der Waals surface area contributed by atoms with Crippen molar-refractivity contribution >= 4 is 17.7 Å². The van der Waals surface area contributed by atoms with E-state index in [1.807, 2.05) is 0 Å². The van der Waals surface area contributed by atoms with Crippen molar-refractivity contribution in [2.45, 2.75) is 19.3 Å². The van der Waals surface area contributed by atoms with Crippen molar-refractivity contribution in [1.29, 1.82) is 0 Å². The van der Waals surface area contributed by atoms with Gasteiger partial charge in [-0.05, 0) is 36.8 Å². The van der Waals surface area contributed by atoms with Crippen molar-refractivity contribution in [1.82, 2.24) is 4.90 Å². The predicted molar refractivity (Wildman–Crippen MR) is 67.4 cm³/mol. The molecular formula is C13H14ClF2NO2. The number of rotatable bonds is 2. The predicted octanol–water partition coefficient (Wildman–Crippen LogP) is 3.55. The highest BCUT2D eigenvalue weighted by Gasteiger charge is 2.23. The minimum atomic E-state index is -0.923. The third kappa shape index (κ3) is 3.35. The van der Waals surface area contributed by atoms with Crippen LogP contribution in [0.1, 0.15) is 18.4 Å². The van der Waals surface area contributed by atoms with E-state index in [9.17, 15) is 13.6 Å². The van der Waals surface area contributed by atoms with Gasteiger partial charge in [-0.15, -0.1) is 0 Å². The average Bonchev–Trinajstić information content (AvgIpc) is 2.36. The molecule has 1 saturated heterocycles. The summed E-state index contributed by atoms with van der Waals surface area (Å²) in [4.78, 5) is 12.1. The van der Waals surface area contributed by atoms with Gasteiger partial charge in [-0.2, -0.15) is 0 Å². The molecule has 1 aliphatic rings. The number of nitrogens with zero attached hydrogens (tertiary/aromatic N) is 1. The highest BCUT2D eigenvalue weighted by molar-refractivity contribution is 6.31. The maximum absolute atomic E-state index is 13.3. The molecule has 0 aromatic heterocycles. The van der Waals surface area contributed by atoms with Gasteiger partial charge in [-0.25, -0.2) is 13.6 Å². The van der Waals surface area contributed by atoms with Crippen molar-refractivity contribution in [3.63, 3.8) is 0 Å². The minimum absolute atomic E-state index is 0.0398. The maximum atomic E-state index is 13.3. The van der Waals surface area contributed by atoms with E-state index in [2.05, 4.69) is 0 Å². The summed E-state index contributed by atoms with van der Waals surface area (Å²) in [6.45, 7) is 0.908. The zero-order chi connectivity index (χ0) is 14.0. The Morgan fingerprint density at radius 1 is 1.37 bits per heavy atom. The Hall–Kier alpha value is -1.36. The molecule has 0 aliphatic carbocycles. The van der Waals surface area contributed by atoms with E-state index in [0.29, 0.717) is 37.9 Å². The number of halogens is 3. The topological polar surface area (TPSA) is 40.5 Å². The SMILES string of the molecule is O=C(O)N1CCC(Cc2cc(F)cc(F)c2Cl)CC1. The fourth-order valence-corrected chi connectivity index (χ4v) is 2.58. The average molecular weight is 290 g/mol. The molecule has 0 saturated carbocycles. The van der Waals surface area contributed by atoms with Gasteiger partial charge < -0.3 is 10.0 Å². The number of hydrogen-bond acceptors (Lipinski definition) is 1. The van der Waals surface area contributed by atoms with E-state index in [1.54, 1.807) is 0 Å². The number of piperidine rings is 1. The number of carboxylic acid groups (broad SMARTS) is 1. The Kier molecular flexibility index (Phi) is 4.24. The molecular weight excluding hydrogens is 276 g/mol. The van der Waals surface area contributed by atoms with E-state index in [1.165, 1.54) is 11.0 Å². The molecule has 0 radical (unpaired) electrons. The second kappa shape index (κ2) is 5.74. The summed E-state index contributed by atoms with van der Waals surface area (Å²) in [6.07, 6.45) is 0.913. The largest absolute Gasteiger partial charge is 0.465 e. The van der Waals surface area contributed by atoms with E-state index in [-0.39, 0.29) is 10.9 Å². The first-order chi connectivity index (χ1) is 8.97. The minimum Gasteiger partial charge on any atom is -0.465 e. The van der Waals surface area contributed by atoms with E-state index >= 15 is 0 Å². The highest BCUT2D eigenvalue weighted by Crippen LogP contribution is 2.28. The molecule has 104 valence electrons. The lowest BCUT2D eigenvalue weighted by molar-refractivity contribution is 0.124. The van der Waals surface area contributed by atoms with Crippen LogP contribution in [-0.4, -0.2) is 29.2 Å². The Labute approximate surface area is 114 Å². The molecule has 1 aromatic carbocycles. The number of likely N-dealkylation sites (tertiary alicyclic amines) is 1. The molecule has 1 N–H and O–H groups in total. The third-order valence-electron chi connectivity index (χ3n) is 3.46. The number of hydrogen-bond donors (Lipinski definition) is 1. The third-order valence-corrected chi connectivity index (χ3v) is 3.89. The van der Waals surface area contributed by atoms with Crippen LogP contribution < -0.4 is 0 Å². The lowest BCUT2D eigenvalue weighted by Gasteiger charge is -2.30. The lowest BCUT2D eigenvalue weighted by atomic mass is 9.90. The number of carbonyl (C=O) groups is 1. The Morgan fingerprint density at radius 2 is 2.00 bits per heavy atom. The molecule has 0 atom stereocenters. The number of benzene rings is 1. The van der Waals surface area contributed by atoms with Crippen molar-refractivity contribution < 1.29 is 18.7 Å². The van der Waals surface area contributed by atoms with Gasteiger partial charge in [0, 0.05) is 19.2 Å². The molecule has 19 heavy (non-hydrogen) atoms. The van der Waals surface area contributed by atoms with Gasteiger partial charge in [-0.3, -0.25) is 0 Å². The van der Waals surface area contributed by atoms with Crippen LogP contribution >= 0.6 is 11.6 Å². The molecule has 2 rings (SSSR count). The number of amides is 1. The van der Waals surface area contributed by atoms with E-state index < -0.39 is 17.7 Å². The van der Waals surface area contributed by atoms with E-state index in [4.69, 9.17) is 16.7 Å². The Balaban J connectivity index is 2.01. The quantitative estimate of drug-likeness (QED) is 0.846. The van der Waals surface area contributed by atoms with Crippen molar-refractivity contribution in [3.05, 3.63) is 34.4 Å². The fourth-order valence-electron chi connectivity index (χ4n) is 2.40. The maximum Gasteiger partial charge on any atom is 0.407 e. The molecule has 3 nitrogen and oxygen atoms in total. The lowest BCUT2D eigenvalue weighted by Crippen LogP contribution is -2.37. The first-order valence-electron chi connectivity index (χ1n) is 6.08. The first kappa shape index (κ1) is 14.1. The van der Waals surface area contributed by atoms with Crippen molar-refractivity contribution in [2.75, 3.05) is 13.1 Å². The monoisotopic (exact) mass is 289 g/mol. The van der Waals surface area contributed by atoms with Gasteiger partial charge >= 0.3 is 6.09 Å². The molecule has 6 heteroatoms. The van der Waals surface area contributed by atoms with Crippen LogP contribution in [0.2, 0.25) is 5.02 Å². The molecule has 1 heterocycles. The van der Waals surface area contributed by atoms with Crippen LogP contribution in [0.4, 0.5) is 13.6 Å². The molecule has 0 unspecified atom stereocenters. The van der Waals surface area contributed by atoms with Gasteiger partial charge in [0.25, 0.3) is 0 Å². The summed E-state index contributed by atoms with van der Waals surface area (Å²) in [5.74, 6) is -1.19. The van der Waals surface area contributed by atoms with Crippen LogP contribution in [0, 0.1) is 17.6 Å². The Bertz CT molecular complexity index is 488. The smallest absolute Gasteiger partial charge is 0.407 e. The molecule has 0 spiro atoms. The second-order valence-corrected chi connectivity index (χ2v) is 5.16. The standard InChI is InChI=1S/C13H14ClF2NO2/c14-12-9(6-10(15)7-11(12)16)5-8-1-3-17(4-2-8)13(18)19/h6-8H,1-5H2,(H,18,19). The van der Waals surface area contributed by atoms with Gasteiger partial charge in [0.15, 0.2) is 0 Å². The molecule has 1 aromatic rings. The van der Waals surface area contributed by atoms with Gasteiger partial charge in [0.05, 0.1) is 5.02 Å². The summed E-state index contributed by atoms with van der Waals surface area (Å²) >= 11 is 5.82. The Morgan fingerprint density at radius 3 is 2.58 bits per heavy atom. The van der Waals surface area contributed by atoms with Crippen LogP contribution in [0.15, 0.2) is 12.1 Å². The summed E-state index contributed by atoms with van der Waals surface area (Å²) in [5.41, 5.74) is 0.452. The first-order valence-corrected chi connectivity index (χ1v) is 6.46. The van der Waals surface area contributed by atoms with Crippen LogP contribution in [0.3, 0.4) is 0 Å².